The highest BCUT2D eigenvalue weighted by Crippen LogP contribution is 2.17. The molecule has 2 aromatic rings. The quantitative estimate of drug-likeness (QED) is 0.418. The van der Waals surface area contributed by atoms with Crippen molar-refractivity contribution in [3.63, 3.8) is 0 Å². The third-order valence-corrected chi connectivity index (χ3v) is 4.19. The van der Waals surface area contributed by atoms with Gasteiger partial charge in [0.25, 0.3) is 5.91 Å². The van der Waals surface area contributed by atoms with E-state index in [1.165, 1.54) is 6.08 Å². The summed E-state index contributed by atoms with van der Waals surface area (Å²) in [6.07, 6.45) is 4.84. The average molecular weight is 362 g/mol. The zero-order chi connectivity index (χ0) is 19.8. The third-order valence-electron chi connectivity index (χ3n) is 4.19. The smallest absolute Gasteiger partial charge is 0.262 e. The van der Waals surface area contributed by atoms with E-state index in [1.54, 1.807) is 37.3 Å². The Labute approximate surface area is 158 Å². The summed E-state index contributed by atoms with van der Waals surface area (Å²) in [4.78, 5) is 12.2. The molecule has 0 unspecified atom stereocenters. The molecule has 0 aromatic heterocycles. The van der Waals surface area contributed by atoms with Crippen molar-refractivity contribution in [2.45, 2.75) is 27.0 Å². The number of aliphatic hydroxyl groups excluding tert-OH is 1. The van der Waals surface area contributed by atoms with Crippen molar-refractivity contribution < 1.29 is 15.0 Å². The minimum absolute atomic E-state index is 0.0166. The van der Waals surface area contributed by atoms with Gasteiger partial charge in [0.2, 0.25) is 0 Å². The maximum absolute atomic E-state index is 12.2. The number of hydrogen-bond acceptors (Lipinski definition) is 4. The number of carbonyl (C=O) groups excluding carboxylic acids is 1. The Hall–Kier alpha value is -3.36. The molecule has 5 nitrogen and oxygen atoms in total. The second kappa shape index (κ2) is 9.37. The van der Waals surface area contributed by atoms with Crippen LogP contribution in [0.5, 0.6) is 5.75 Å². The zero-order valence-corrected chi connectivity index (χ0v) is 15.4. The molecule has 27 heavy (non-hydrogen) atoms. The van der Waals surface area contributed by atoms with Crippen molar-refractivity contribution >= 4 is 12.0 Å². The molecule has 138 valence electrons. The summed E-state index contributed by atoms with van der Waals surface area (Å²) < 4.78 is 0. The van der Waals surface area contributed by atoms with Gasteiger partial charge in [-0.15, -0.1) is 0 Å². The lowest BCUT2D eigenvalue weighted by Crippen LogP contribution is -2.23. The van der Waals surface area contributed by atoms with Crippen LogP contribution in [0, 0.1) is 25.2 Å². The molecule has 2 aromatic carbocycles. The van der Waals surface area contributed by atoms with Gasteiger partial charge in [-0.3, -0.25) is 4.79 Å². The minimum atomic E-state index is -0.484. The number of nitrogens with zero attached hydrogens (tertiary/aromatic N) is 1. The molecule has 0 atom stereocenters. The molecule has 3 N–H and O–H groups in total. The van der Waals surface area contributed by atoms with Crippen LogP contribution in [-0.2, 0) is 17.9 Å². The second-order valence-corrected chi connectivity index (χ2v) is 6.20. The van der Waals surface area contributed by atoms with Gasteiger partial charge in [-0.1, -0.05) is 36.4 Å². The molecule has 0 heterocycles. The van der Waals surface area contributed by atoms with E-state index >= 15 is 0 Å². The van der Waals surface area contributed by atoms with Crippen LogP contribution >= 0.6 is 0 Å². The molecular formula is C22H22N2O3. The predicted molar refractivity (Wildman–Crippen MR) is 105 cm³/mol. The summed E-state index contributed by atoms with van der Waals surface area (Å²) in [7, 11) is 0. The first kappa shape index (κ1) is 20.0. The van der Waals surface area contributed by atoms with Crippen LogP contribution in [-0.4, -0.2) is 16.1 Å². The molecule has 0 aliphatic rings. The number of phenolic OH excluding ortho intramolecular Hbond substituents is 1. The summed E-state index contributed by atoms with van der Waals surface area (Å²) in [6, 6.07) is 12.7. The van der Waals surface area contributed by atoms with E-state index in [-0.39, 0.29) is 24.5 Å². The third kappa shape index (κ3) is 5.56. The monoisotopic (exact) mass is 362 g/mol. The molecule has 0 bridgehead atoms. The first-order valence-corrected chi connectivity index (χ1v) is 8.50. The van der Waals surface area contributed by atoms with Crippen molar-refractivity contribution in [1.82, 2.24) is 5.32 Å². The summed E-state index contributed by atoms with van der Waals surface area (Å²) in [6.45, 7) is 3.89. The first-order valence-electron chi connectivity index (χ1n) is 8.50. The predicted octanol–water partition coefficient (Wildman–Crippen LogP) is 3.28. The molecule has 0 aliphatic heterocycles. The lowest BCUT2D eigenvalue weighted by molar-refractivity contribution is -0.117. The molecule has 1 amide bonds. The molecule has 5 heteroatoms. The van der Waals surface area contributed by atoms with Gasteiger partial charge in [0.1, 0.15) is 17.4 Å². The zero-order valence-electron chi connectivity index (χ0n) is 15.4. The number of aromatic hydroxyl groups is 1. The Balaban J connectivity index is 2.03. The standard InChI is InChI=1S/C22H22N2O3/c1-15-6-8-17(10-20(15)14-25)4-3-5-19(12-23)22(27)24-13-18-9-7-16(2)21(26)11-18/h3-11,25-26H,13-14H2,1-2H3,(H,24,27)/b4-3+,19-5+. The highest BCUT2D eigenvalue weighted by atomic mass is 16.3. The Morgan fingerprint density at radius 2 is 1.93 bits per heavy atom. The number of aliphatic hydroxyl groups is 1. The summed E-state index contributed by atoms with van der Waals surface area (Å²) in [5.41, 5.74) is 4.19. The number of aryl methyl sites for hydroxylation is 2. The number of phenols is 1. The molecule has 0 aliphatic carbocycles. The SMILES string of the molecule is Cc1ccc(CNC(=O)/C(C#N)=C/C=C/c2ccc(C)c(CO)c2)cc1O. The van der Waals surface area contributed by atoms with Gasteiger partial charge in [-0.05, 0) is 59.9 Å². The van der Waals surface area contributed by atoms with Gasteiger partial charge in [0, 0.05) is 6.54 Å². The van der Waals surface area contributed by atoms with E-state index in [0.29, 0.717) is 0 Å². The number of nitrogens with one attached hydrogen (secondary N) is 1. The number of amides is 1. The second-order valence-electron chi connectivity index (χ2n) is 6.20. The maximum Gasteiger partial charge on any atom is 0.262 e. The molecule has 0 spiro atoms. The summed E-state index contributed by atoms with van der Waals surface area (Å²) in [5, 5.41) is 30.9. The van der Waals surface area contributed by atoms with E-state index in [2.05, 4.69) is 5.32 Å². The lowest BCUT2D eigenvalue weighted by atomic mass is 10.1. The fourth-order valence-electron chi connectivity index (χ4n) is 2.43. The van der Waals surface area contributed by atoms with Crippen LogP contribution in [0.4, 0.5) is 0 Å². The van der Waals surface area contributed by atoms with Crippen LogP contribution in [0.15, 0.2) is 54.1 Å². The van der Waals surface area contributed by atoms with Crippen LogP contribution < -0.4 is 5.32 Å². The van der Waals surface area contributed by atoms with Crippen LogP contribution in [0.1, 0.15) is 27.8 Å². The van der Waals surface area contributed by atoms with Crippen LogP contribution in [0.2, 0.25) is 0 Å². The Morgan fingerprint density at radius 3 is 2.59 bits per heavy atom. The van der Waals surface area contributed by atoms with Crippen LogP contribution in [0.25, 0.3) is 6.08 Å². The molecule has 0 fully saturated rings. The number of nitriles is 1. The summed E-state index contributed by atoms with van der Waals surface area (Å²) >= 11 is 0. The van der Waals surface area contributed by atoms with Gasteiger partial charge in [0.15, 0.2) is 0 Å². The van der Waals surface area contributed by atoms with Crippen molar-refractivity contribution in [2.24, 2.45) is 0 Å². The van der Waals surface area contributed by atoms with Gasteiger partial charge < -0.3 is 15.5 Å². The van der Waals surface area contributed by atoms with Gasteiger partial charge in [0.05, 0.1) is 6.61 Å². The normalized spacial score (nSPS) is 11.4. The van der Waals surface area contributed by atoms with E-state index < -0.39 is 5.91 Å². The van der Waals surface area contributed by atoms with E-state index in [4.69, 9.17) is 0 Å². The number of benzene rings is 2. The van der Waals surface area contributed by atoms with Crippen molar-refractivity contribution in [3.8, 4) is 11.8 Å². The highest BCUT2D eigenvalue weighted by Gasteiger charge is 2.08. The first-order chi connectivity index (χ1) is 12.9. The molecular weight excluding hydrogens is 340 g/mol. The van der Waals surface area contributed by atoms with Gasteiger partial charge in [-0.2, -0.15) is 5.26 Å². The molecule has 0 radical (unpaired) electrons. The fourth-order valence-corrected chi connectivity index (χ4v) is 2.43. The van der Waals surface area contributed by atoms with E-state index in [0.717, 1.165) is 27.8 Å². The number of hydrogen-bond donors (Lipinski definition) is 3. The van der Waals surface area contributed by atoms with Crippen molar-refractivity contribution in [2.75, 3.05) is 0 Å². The lowest BCUT2D eigenvalue weighted by Gasteiger charge is -2.06. The van der Waals surface area contributed by atoms with Crippen LogP contribution in [0.3, 0.4) is 0 Å². The fraction of sp³-hybridized carbons (Fsp3) is 0.182. The van der Waals surface area contributed by atoms with Gasteiger partial charge >= 0.3 is 0 Å². The summed E-state index contributed by atoms with van der Waals surface area (Å²) in [5.74, 6) is -0.316. The minimum Gasteiger partial charge on any atom is -0.508 e. The molecule has 2 rings (SSSR count). The Morgan fingerprint density at radius 1 is 1.19 bits per heavy atom. The highest BCUT2D eigenvalue weighted by molar-refractivity contribution is 5.97. The van der Waals surface area contributed by atoms with Crippen molar-refractivity contribution in [3.05, 3.63) is 81.9 Å². The number of rotatable bonds is 6. The largest absolute Gasteiger partial charge is 0.508 e. The Bertz CT molecular complexity index is 937. The number of carbonyl (C=O) groups is 1. The number of allylic oxidation sites excluding steroid dienone is 2. The maximum atomic E-state index is 12.2. The molecule has 0 saturated carbocycles. The topological polar surface area (TPSA) is 93.4 Å². The van der Waals surface area contributed by atoms with Gasteiger partial charge in [-0.25, -0.2) is 0 Å². The van der Waals surface area contributed by atoms with E-state index in [9.17, 15) is 20.3 Å². The van der Waals surface area contributed by atoms with E-state index in [1.807, 2.05) is 31.2 Å². The average Bonchev–Trinajstić information content (AvgIpc) is 2.67. The van der Waals surface area contributed by atoms with Crippen molar-refractivity contribution in [1.29, 1.82) is 5.26 Å². The molecule has 0 saturated heterocycles. The Kier molecular flexibility index (Phi) is 6.93.